The Labute approximate surface area is 144 Å². The Morgan fingerprint density at radius 1 is 1.22 bits per heavy atom. The maximum absolute atomic E-state index is 12.0. The lowest BCUT2D eigenvalue weighted by Gasteiger charge is -2.09. The van der Waals surface area contributed by atoms with Crippen LogP contribution in [-0.2, 0) is 4.79 Å². The van der Waals surface area contributed by atoms with E-state index >= 15 is 0 Å². The van der Waals surface area contributed by atoms with Gasteiger partial charge in [-0.05, 0) is 37.1 Å². The van der Waals surface area contributed by atoms with Crippen LogP contribution in [0.25, 0.3) is 16.9 Å². The Kier molecular flexibility index (Phi) is 4.28. The van der Waals surface area contributed by atoms with Crippen molar-refractivity contribution in [3.63, 3.8) is 0 Å². The first-order valence-corrected chi connectivity index (χ1v) is 7.98. The van der Waals surface area contributed by atoms with Crippen molar-refractivity contribution in [1.82, 2.24) is 9.38 Å². The highest BCUT2D eigenvalue weighted by atomic mass is 35.5. The van der Waals surface area contributed by atoms with Crippen LogP contribution in [0.15, 0.2) is 42.6 Å². The summed E-state index contributed by atoms with van der Waals surface area (Å²) in [6.07, 6.45) is 1.87. The highest BCUT2D eigenvalue weighted by molar-refractivity contribution is 6.54. The summed E-state index contributed by atoms with van der Waals surface area (Å²) < 4.78 is 1.82. The van der Waals surface area contributed by atoms with E-state index < -0.39 is 10.7 Å². The quantitative estimate of drug-likeness (QED) is 0.715. The molecule has 0 radical (unpaired) electrons. The van der Waals surface area contributed by atoms with Gasteiger partial charge in [0.1, 0.15) is 17.2 Å². The molecule has 0 aliphatic carbocycles. The highest BCUT2D eigenvalue weighted by Crippen LogP contribution is 2.31. The number of benzene rings is 1. The van der Waals surface area contributed by atoms with E-state index in [0.717, 1.165) is 22.3 Å². The molecule has 3 rings (SSSR count). The molecule has 2 aromatic heterocycles. The lowest BCUT2D eigenvalue weighted by molar-refractivity contribution is -0.114. The van der Waals surface area contributed by atoms with Crippen LogP contribution in [0, 0.1) is 13.8 Å². The van der Waals surface area contributed by atoms with E-state index in [2.05, 4.69) is 10.3 Å². The number of alkyl halides is 2. The topological polar surface area (TPSA) is 46.4 Å². The minimum atomic E-state index is -1.14. The maximum atomic E-state index is 12.0. The van der Waals surface area contributed by atoms with Crippen molar-refractivity contribution in [2.75, 3.05) is 5.32 Å². The summed E-state index contributed by atoms with van der Waals surface area (Å²) in [7, 11) is 0. The standard InChI is InChI=1S/C17H15Cl2N3O/c1-10-7-8-22-13(9-10)20-14(12-6-4-3-5-11(12)2)16(22)21-17(23)15(18)19/h3-9,15H,1-2H3,(H,21,23). The number of halogens is 2. The van der Waals surface area contributed by atoms with Gasteiger partial charge in [-0.1, -0.05) is 47.5 Å². The summed E-state index contributed by atoms with van der Waals surface area (Å²) in [6.45, 7) is 4.00. The summed E-state index contributed by atoms with van der Waals surface area (Å²) >= 11 is 11.3. The van der Waals surface area contributed by atoms with Gasteiger partial charge in [0.2, 0.25) is 0 Å². The molecule has 0 saturated carbocycles. The predicted molar refractivity (Wildman–Crippen MR) is 94.2 cm³/mol. The first-order chi connectivity index (χ1) is 11.0. The first-order valence-electron chi connectivity index (χ1n) is 7.11. The van der Waals surface area contributed by atoms with Gasteiger partial charge in [0.05, 0.1) is 0 Å². The van der Waals surface area contributed by atoms with Gasteiger partial charge >= 0.3 is 0 Å². The van der Waals surface area contributed by atoms with Gasteiger partial charge in [0.25, 0.3) is 5.91 Å². The third-order valence-corrected chi connectivity index (χ3v) is 4.02. The second-order valence-corrected chi connectivity index (χ2v) is 6.44. The Balaban J connectivity index is 2.23. The first kappa shape index (κ1) is 15.8. The van der Waals surface area contributed by atoms with Gasteiger partial charge < -0.3 is 5.32 Å². The zero-order valence-corrected chi connectivity index (χ0v) is 14.2. The van der Waals surface area contributed by atoms with Crippen LogP contribution >= 0.6 is 23.2 Å². The number of hydrogen-bond acceptors (Lipinski definition) is 2. The van der Waals surface area contributed by atoms with Gasteiger partial charge in [-0.15, -0.1) is 0 Å². The van der Waals surface area contributed by atoms with Crippen molar-refractivity contribution in [3.05, 3.63) is 53.7 Å². The molecule has 23 heavy (non-hydrogen) atoms. The van der Waals surface area contributed by atoms with Crippen molar-refractivity contribution in [2.24, 2.45) is 0 Å². The number of nitrogens with zero attached hydrogens (tertiary/aromatic N) is 2. The normalized spacial score (nSPS) is 11.2. The number of nitrogens with one attached hydrogen (secondary N) is 1. The molecule has 1 N–H and O–H groups in total. The molecule has 0 aliphatic heterocycles. The van der Waals surface area contributed by atoms with Gasteiger partial charge in [0.15, 0.2) is 4.84 Å². The van der Waals surface area contributed by atoms with E-state index in [4.69, 9.17) is 23.2 Å². The van der Waals surface area contributed by atoms with Gasteiger partial charge in [-0.2, -0.15) is 0 Å². The van der Waals surface area contributed by atoms with Crippen LogP contribution in [-0.4, -0.2) is 20.1 Å². The number of carbonyl (C=O) groups is 1. The average Bonchev–Trinajstić information content (AvgIpc) is 2.85. The summed E-state index contributed by atoms with van der Waals surface area (Å²) in [5.41, 5.74) is 4.54. The van der Waals surface area contributed by atoms with E-state index in [0.29, 0.717) is 11.5 Å². The number of rotatable bonds is 3. The van der Waals surface area contributed by atoms with E-state index in [1.165, 1.54) is 0 Å². The molecule has 0 aliphatic rings. The predicted octanol–water partition coefficient (Wildman–Crippen LogP) is 4.36. The Morgan fingerprint density at radius 2 is 1.96 bits per heavy atom. The summed E-state index contributed by atoms with van der Waals surface area (Å²) in [5.74, 6) is 0.0798. The molecule has 3 aromatic rings. The Hall–Kier alpha value is -2.04. The van der Waals surface area contributed by atoms with Crippen LogP contribution in [0.1, 0.15) is 11.1 Å². The van der Waals surface area contributed by atoms with Gasteiger partial charge in [0, 0.05) is 11.8 Å². The number of anilines is 1. The molecule has 4 nitrogen and oxygen atoms in total. The lowest BCUT2D eigenvalue weighted by Crippen LogP contribution is -2.20. The molecule has 0 atom stereocenters. The molecule has 0 fully saturated rings. The van der Waals surface area contributed by atoms with Crippen molar-refractivity contribution >= 4 is 40.6 Å². The fraction of sp³-hybridized carbons (Fsp3) is 0.176. The van der Waals surface area contributed by atoms with Crippen LogP contribution < -0.4 is 5.32 Å². The fourth-order valence-electron chi connectivity index (χ4n) is 2.46. The van der Waals surface area contributed by atoms with Crippen molar-refractivity contribution in [1.29, 1.82) is 0 Å². The average molecular weight is 348 g/mol. The van der Waals surface area contributed by atoms with Crippen molar-refractivity contribution in [2.45, 2.75) is 18.7 Å². The molecule has 0 spiro atoms. The summed E-state index contributed by atoms with van der Waals surface area (Å²) in [5, 5.41) is 2.78. The number of amides is 1. The molecule has 0 unspecified atom stereocenters. The summed E-state index contributed by atoms with van der Waals surface area (Å²) in [6, 6.07) is 11.8. The molecular formula is C17H15Cl2N3O. The maximum Gasteiger partial charge on any atom is 0.258 e. The Morgan fingerprint density at radius 3 is 2.65 bits per heavy atom. The number of fused-ring (bicyclic) bond motifs is 1. The molecule has 2 heterocycles. The molecule has 118 valence electrons. The van der Waals surface area contributed by atoms with Crippen LogP contribution in [0.3, 0.4) is 0 Å². The second-order valence-electron chi connectivity index (χ2n) is 5.35. The molecular weight excluding hydrogens is 333 g/mol. The number of pyridine rings is 1. The van der Waals surface area contributed by atoms with E-state index in [1.807, 2.05) is 60.8 Å². The third-order valence-electron chi connectivity index (χ3n) is 3.62. The zero-order chi connectivity index (χ0) is 16.6. The largest absolute Gasteiger partial charge is 0.308 e. The number of aromatic nitrogens is 2. The minimum absolute atomic E-state index is 0.481. The lowest BCUT2D eigenvalue weighted by atomic mass is 10.1. The van der Waals surface area contributed by atoms with Crippen molar-refractivity contribution < 1.29 is 4.79 Å². The monoisotopic (exact) mass is 347 g/mol. The zero-order valence-electron chi connectivity index (χ0n) is 12.7. The number of imidazole rings is 1. The molecule has 1 amide bonds. The molecule has 0 bridgehead atoms. The number of hydrogen-bond donors (Lipinski definition) is 1. The molecule has 0 saturated heterocycles. The SMILES string of the molecule is Cc1ccn2c(NC(=O)C(Cl)Cl)c(-c3ccccc3C)nc2c1. The Bertz CT molecular complexity index is 887. The van der Waals surface area contributed by atoms with Gasteiger partial charge in [-0.25, -0.2) is 4.98 Å². The van der Waals surface area contributed by atoms with E-state index in [9.17, 15) is 4.79 Å². The highest BCUT2D eigenvalue weighted by Gasteiger charge is 2.20. The smallest absolute Gasteiger partial charge is 0.258 e. The summed E-state index contributed by atoms with van der Waals surface area (Å²) in [4.78, 5) is 15.5. The van der Waals surface area contributed by atoms with E-state index in [1.54, 1.807) is 0 Å². The number of carbonyl (C=O) groups excluding carboxylic acids is 1. The van der Waals surface area contributed by atoms with Crippen LogP contribution in [0.4, 0.5) is 5.82 Å². The van der Waals surface area contributed by atoms with Crippen LogP contribution in [0.5, 0.6) is 0 Å². The molecule has 1 aromatic carbocycles. The fourth-order valence-corrected chi connectivity index (χ4v) is 2.57. The van der Waals surface area contributed by atoms with Crippen molar-refractivity contribution in [3.8, 4) is 11.3 Å². The van der Waals surface area contributed by atoms with E-state index in [-0.39, 0.29) is 0 Å². The second kappa shape index (κ2) is 6.22. The molecule has 6 heteroatoms. The van der Waals surface area contributed by atoms with Crippen LogP contribution in [0.2, 0.25) is 0 Å². The number of aryl methyl sites for hydroxylation is 2. The minimum Gasteiger partial charge on any atom is -0.308 e. The third kappa shape index (κ3) is 3.05. The van der Waals surface area contributed by atoms with Gasteiger partial charge in [-0.3, -0.25) is 9.20 Å².